The summed E-state index contributed by atoms with van der Waals surface area (Å²) in [5.74, 6) is 0. The number of benzene rings is 1. The molecule has 0 bridgehead atoms. The van der Waals surface area contributed by atoms with Crippen molar-refractivity contribution in [2.24, 2.45) is 5.10 Å². The van der Waals surface area contributed by atoms with Crippen LogP contribution >= 0.6 is 0 Å². The Balaban J connectivity index is 1.28. The van der Waals surface area contributed by atoms with Crippen molar-refractivity contribution in [1.82, 2.24) is 16.1 Å². The molecule has 2 atom stereocenters. The van der Waals surface area contributed by atoms with E-state index in [1.165, 1.54) is 16.8 Å². The molecule has 0 fully saturated rings. The quantitative estimate of drug-likeness (QED) is 0.751. The maximum Gasteiger partial charge on any atom is 0.0883 e. The zero-order chi connectivity index (χ0) is 16.9. The van der Waals surface area contributed by atoms with Gasteiger partial charge < -0.3 is 16.1 Å². The largest absolute Gasteiger partial charge is 0.380 e. The first kappa shape index (κ1) is 15.8. The van der Waals surface area contributed by atoms with Gasteiger partial charge in [0.25, 0.3) is 0 Å². The zero-order valence-electron chi connectivity index (χ0n) is 14.3. The van der Waals surface area contributed by atoms with Crippen molar-refractivity contribution in [3.05, 3.63) is 83.7 Å². The number of allylic oxidation sites excluding steroid dienone is 4. The third-order valence-electron chi connectivity index (χ3n) is 4.79. The van der Waals surface area contributed by atoms with Crippen molar-refractivity contribution in [1.29, 1.82) is 0 Å². The lowest BCUT2D eigenvalue weighted by molar-refractivity contribution is 0.553. The van der Waals surface area contributed by atoms with E-state index in [0.717, 1.165) is 31.5 Å². The number of dihydropyridines is 2. The Morgan fingerprint density at radius 1 is 1.12 bits per heavy atom. The van der Waals surface area contributed by atoms with Gasteiger partial charge in [0.15, 0.2) is 0 Å². The summed E-state index contributed by atoms with van der Waals surface area (Å²) in [5.41, 5.74) is 8.00. The van der Waals surface area contributed by atoms with Gasteiger partial charge in [-0.15, -0.1) is 0 Å². The van der Waals surface area contributed by atoms with E-state index in [1.807, 2.05) is 12.3 Å². The summed E-state index contributed by atoms with van der Waals surface area (Å²) >= 11 is 0. The van der Waals surface area contributed by atoms with Crippen LogP contribution < -0.4 is 16.1 Å². The molecule has 0 saturated heterocycles. The molecular weight excluding hydrogens is 308 g/mol. The highest BCUT2D eigenvalue weighted by Gasteiger charge is 2.16. The van der Waals surface area contributed by atoms with Crippen LogP contribution in [-0.4, -0.2) is 24.3 Å². The summed E-state index contributed by atoms with van der Waals surface area (Å²) in [7, 11) is 0. The molecule has 25 heavy (non-hydrogen) atoms. The number of hydrogen-bond acceptors (Lipinski definition) is 4. The van der Waals surface area contributed by atoms with E-state index < -0.39 is 0 Å². The third kappa shape index (κ3) is 3.85. The van der Waals surface area contributed by atoms with Crippen molar-refractivity contribution in [3.8, 4) is 0 Å². The molecule has 0 amide bonds. The molecule has 0 radical (unpaired) electrons. The van der Waals surface area contributed by atoms with E-state index >= 15 is 0 Å². The predicted octanol–water partition coefficient (Wildman–Crippen LogP) is 2.77. The predicted molar refractivity (Wildman–Crippen MR) is 103 cm³/mol. The van der Waals surface area contributed by atoms with Gasteiger partial charge >= 0.3 is 0 Å². The van der Waals surface area contributed by atoms with Crippen LogP contribution in [0.2, 0.25) is 0 Å². The first-order chi connectivity index (χ1) is 12.4. The highest BCUT2D eigenvalue weighted by atomic mass is 15.3. The van der Waals surface area contributed by atoms with Crippen molar-refractivity contribution in [2.45, 2.75) is 31.3 Å². The van der Waals surface area contributed by atoms with Crippen LogP contribution in [0.1, 0.15) is 24.0 Å². The van der Waals surface area contributed by atoms with E-state index in [1.54, 1.807) is 0 Å². The van der Waals surface area contributed by atoms with Crippen molar-refractivity contribution in [3.63, 3.8) is 0 Å². The monoisotopic (exact) mass is 332 g/mol. The second kappa shape index (κ2) is 7.43. The zero-order valence-corrected chi connectivity index (χ0v) is 14.3. The molecular formula is C21H24N4. The SMILES string of the molecule is C1=CNC(C2=CC=CC(CCCc3cccc(C4=NNC4)c3)N2)C=C1. The Hall–Kier alpha value is -2.75. The molecule has 3 aliphatic heterocycles. The molecule has 3 N–H and O–H groups in total. The van der Waals surface area contributed by atoms with Gasteiger partial charge in [0.1, 0.15) is 0 Å². The van der Waals surface area contributed by atoms with E-state index in [0.29, 0.717) is 6.04 Å². The average Bonchev–Trinajstić information content (AvgIpc) is 2.62. The highest BCUT2D eigenvalue weighted by molar-refractivity contribution is 6.04. The van der Waals surface area contributed by atoms with Gasteiger partial charge in [-0.2, -0.15) is 5.10 Å². The highest BCUT2D eigenvalue weighted by Crippen LogP contribution is 2.16. The molecule has 0 spiro atoms. The van der Waals surface area contributed by atoms with Crippen LogP contribution in [0.15, 0.2) is 77.7 Å². The van der Waals surface area contributed by atoms with Crippen molar-refractivity contribution >= 4 is 5.71 Å². The molecule has 4 nitrogen and oxygen atoms in total. The van der Waals surface area contributed by atoms with Gasteiger partial charge in [0.05, 0.1) is 18.3 Å². The number of nitrogens with zero attached hydrogens (tertiary/aromatic N) is 1. The molecule has 4 heteroatoms. The summed E-state index contributed by atoms with van der Waals surface area (Å²) in [6, 6.07) is 9.44. The Morgan fingerprint density at radius 2 is 2.08 bits per heavy atom. The van der Waals surface area contributed by atoms with Crippen LogP contribution in [0.25, 0.3) is 0 Å². The fourth-order valence-corrected chi connectivity index (χ4v) is 3.36. The van der Waals surface area contributed by atoms with Crippen molar-refractivity contribution < 1.29 is 0 Å². The first-order valence-electron chi connectivity index (χ1n) is 9.01. The number of rotatable bonds is 6. The van der Waals surface area contributed by atoms with Gasteiger partial charge in [-0.25, -0.2) is 0 Å². The fraction of sp³-hybridized carbons (Fsp3) is 0.286. The van der Waals surface area contributed by atoms with Gasteiger partial charge in [-0.05, 0) is 54.8 Å². The van der Waals surface area contributed by atoms with E-state index in [4.69, 9.17) is 0 Å². The Labute approximate surface area is 149 Å². The minimum Gasteiger partial charge on any atom is -0.380 e. The molecule has 128 valence electrons. The summed E-state index contributed by atoms with van der Waals surface area (Å²) in [4.78, 5) is 0. The minimum absolute atomic E-state index is 0.256. The summed E-state index contributed by atoms with van der Waals surface area (Å²) < 4.78 is 0. The minimum atomic E-state index is 0.256. The van der Waals surface area contributed by atoms with E-state index in [2.05, 4.69) is 75.8 Å². The number of hydrogen-bond donors (Lipinski definition) is 3. The maximum atomic E-state index is 4.21. The van der Waals surface area contributed by atoms with Gasteiger partial charge in [0.2, 0.25) is 0 Å². The summed E-state index contributed by atoms with van der Waals surface area (Å²) in [6.45, 7) is 0.883. The van der Waals surface area contributed by atoms with Crippen LogP contribution in [0.5, 0.6) is 0 Å². The van der Waals surface area contributed by atoms with Crippen LogP contribution in [0, 0.1) is 0 Å². The molecule has 3 heterocycles. The lowest BCUT2D eigenvalue weighted by Crippen LogP contribution is -2.39. The first-order valence-corrected chi connectivity index (χ1v) is 9.01. The Morgan fingerprint density at radius 3 is 2.88 bits per heavy atom. The van der Waals surface area contributed by atoms with Gasteiger partial charge in [-0.3, -0.25) is 0 Å². The molecule has 0 saturated carbocycles. The topological polar surface area (TPSA) is 48.5 Å². The molecule has 0 aliphatic carbocycles. The van der Waals surface area contributed by atoms with E-state index in [-0.39, 0.29) is 6.04 Å². The van der Waals surface area contributed by atoms with Crippen molar-refractivity contribution in [2.75, 3.05) is 6.54 Å². The van der Waals surface area contributed by atoms with Crippen LogP contribution in [0.3, 0.4) is 0 Å². The number of nitrogens with one attached hydrogen (secondary N) is 3. The fourth-order valence-electron chi connectivity index (χ4n) is 3.36. The lowest BCUT2D eigenvalue weighted by Gasteiger charge is -2.27. The molecule has 3 aliphatic rings. The van der Waals surface area contributed by atoms with Gasteiger partial charge in [0, 0.05) is 11.7 Å². The lowest BCUT2D eigenvalue weighted by atomic mass is 9.99. The summed E-state index contributed by atoms with van der Waals surface area (Å²) in [5, 5.41) is 11.2. The Kier molecular flexibility index (Phi) is 4.68. The van der Waals surface area contributed by atoms with Gasteiger partial charge in [-0.1, -0.05) is 42.5 Å². The third-order valence-corrected chi connectivity index (χ3v) is 4.79. The van der Waals surface area contributed by atoms with E-state index in [9.17, 15) is 0 Å². The number of hydrazone groups is 1. The average molecular weight is 332 g/mol. The normalized spacial score (nSPS) is 23.7. The number of aryl methyl sites for hydroxylation is 1. The Bertz CT molecular complexity index is 770. The van der Waals surface area contributed by atoms with Crippen LogP contribution in [-0.2, 0) is 6.42 Å². The molecule has 1 aromatic carbocycles. The molecule has 0 aromatic heterocycles. The maximum absolute atomic E-state index is 4.21. The van der Waals surface area contributed by atoms with Crippen LogP contribution in [0.4, 0.5) is 0 Å². The summed E-state index contributed by atoms with van der Waals surface area (Å²) in [6.07, 6.45) is 18.3. The smallest absolute Gasteiger partial charge is 0.0883 e. The second-order valence-corrected chi connectivity index (χ2v) is 6.63. The standard InChI is InChI=1S/C21H24N4/c1-2-13-22-19(11-1)20-12-5-10-18(24-20)9-4-7-16-6-3-8-17(14-16)21-15-23-25-21/h1-3,5-6,8,10-14,18-19,22-24H,4,7,9,15H2. The second-order valence-electron chi connectivity index (χ2n) is 6.63. The molecule has 1 aromatic rings. The molecule has 2 unspecified atom stereocenters. The molecule has 4 rings (SSSR count).